The number of aromatic nitrogens is 1. The quantitative estimate of drug-likeness (QED) is 0.347. The molecule has 1 rings (SSSR count). The maximum atomic E-state index is 13.9. The molecule has 0 saturated carbocycles. The van der Waals surface area contributed by atoms with E-state index in [1.165, 1.54) is 25.7 Å². The van der Waals surface area contributed by atoms with Gasteiger partial charge in [0, 0.05) is 28.0 Å². The van der Waals surface area contributed by atoms with Gasteiger partial charge in [-0.15, -0.1) is 0 Å². The summed E-state index contributed by atoms with van der Waals surface area (Å²) in [7, 11) is 0. The fourth-order valence-corrected chi connectivity index (χ4v) is 3.13. The first kappa shape index (κ1) is 17.9. The van der Waals surface area contributed by atoms with Crippen LogP contribution >= 0.6 is 22.6 Å². The van der Waals surface area contributed by atoms with E-state index >= 15 is 0 Å². The van der Waals surface area contributed by atoms with E-state index in [0.717, 1.165) is 32.1 Å². The van der Waals surface area contributed by atoms with E-state index in [2.05, 4.69) is 25.8 Å². The number of halogens is 2. The minimum atomic E-state index is -0.485. The molecule has 0 aliphatic rings. The molecule has 0 spiro atoms. The third kappa shape index (κ3) is 5.34. The second-order valence-corrected chi connectivity index (χ2v) is 6.84. The number of oxazole rings is 1. The van der Waals surface area contributed by atoms with Crippen LogP contribution in [0.4, 0.5) is 4.39 Å². The van der Waals surface area contributed by atoms with Crippen molar-refractivity contribution in [2.24, 2.45) is 0 Å². The number of hydrogen-bond donors (Lipinski definition) is 0. The van der Waals surface area contributed by atoms with Crippen LogP contribution in [0.1, 0.15) is 84.3 Å². The normalized spacial score (nSPS) is 14.4. The number of rotatable bonds is 10. The molecule has 0 amide bonds. The predicted molar refractivity (Wildman–Crippen MR) is 89.4 cm³/mol. The average molecular weight is 395 g/mol. The maximum absolute atomic E-state index is 13.9. The maximum Gasteiger partial charge on any atom is 0.302 e. The van der Waals surface area contributed by atoms with E-state index in [1.807, 2.05) is 22.6 Å². The largest absolute Gasteiger partial charge is 0.406 e. The van der Waals surface area contributed by atoms with Crippen molar-refractivity contribution in [3.8, 4) is 0 Å². The van der Waals surface area contributed by atoms with Crippen LogP contribution in [-0.2, 0) is 5.41 Å². The van der Waals surface area contributed by atoms with Crippen molar-refractivity contribution in [3.05, 3.63) is 15.6 Å². The molecular weight excluding hydrogens is 368 g/mol. The molecule has 0 N–H and O–H groups in total. The molecule has 0 bridgehead atoms. The third-order valence-corrected chi connectivity index (χ3v) is 4.51. The Morgan fingerprint density at radius 3 is 2.20 bits per heavy atom. The van der Waals surface area contributed by atoms with E-state index in [0.29, 0.717) is 9.59 Å². The first-order valence-corrected chi connectivity index (χ1v) is 8.93. The molecule has 0 saturated heterocycles. The smallest absolute Gasteiger partial charge is 0.302 e. The lowest BCUT2D eigenvalue weighted by Crippen LogP contribution is -2.24. The summed E-state index contributed by atoms with van der Waals surface area (Å²) in [6.07, 6.45) is 10.4. The van der Waals surface area contributed by atoms with E-state index in [1.54, 1.807) is 0 Å². The van der Waals surface area contributed by atoms with Crippen LogP contribution in [0.25, 0.3) is 0 Å². The van der Waals surface area contributed by atoms with Crippen molar-refractivity contribution >= 4 is 22.6 Å². The summed E-state index contributed by atoms with van der Waals surface area (Å²) in [5.41, 5.74) is 0.352. The van der Waals surface area contributed by atoms with Gasteiger partial charge in [0.25, 0.3) is 3.90 Å². The zero-order valence-corrected chi connectivity index (χ0v) is 15.1. The lowest BCUT2D eigenvalue weighted by Gasteiger charge is -2.27. The summed E-state index contributed by atoms with van der Waals surface area (Å²) in [5.74, 6) is 0. The van der Waals surface area contributed by atoms with Gasteiger partial charge in [-0.2, -0.15) is 4.39 Å². The number of unbranched alkanes of at least 4 members (excludes halogenated alkanes) is 5. The van der Waals surface area contributed by atoms with Gasteiger partial charge < -0.3 is 4.42 Å². The third-order valence-electron chi connectivity index (χ3n) is 4.05. The van der Waals surface area contributed by atoms with Crippen LogP contribution in [0.5, 0.6) is 0 Å². The molecule has 0 aliphatic heterocycles. The first-order chi connectivity index (χ1) is 9.53. The van der Waals surface area contributed by atoms with Crippen LogP contribution in [0.15, 0.2) is 4.42 Å². The summed E-state index contributed by atoms with van der Waals surface area (Å²) in [6.45, 7) is 6.53. The molecule has 1 atom stereocenters. The van der Waals surface area contributed by atoms with Gasteiger partial charge in [-0.05, 0) is 12.8 Å². The predicted octanol–water partition coefficient (Wildman–Crippen LogP) is 6.23. The highest BCUT2D eigenvalue weighted by molar-refractivity contribution is 14.1. The van der Waals surface area contributed by atoms with Crippen molar-refractivity contribution in [2.45, 2.75) is 84.0 Å². The van der Waals surface area contributed by atoms with Gasteiger partial charge in [0.15, 0.2) is 0 Å². The molecular formula is C16H27FINO. The van der Waals surface area contributed by atoms with Crippen LogP contribution in [0, 0.1) is 9.91 Å². The Morgan fingerprint density at radius 2 is 1.65 bits per heavy atom. The highest BCUT2D eigenvalue weighted by Gasteiger charge is 2.33. The Hall–Kier alpha value is -0.130. The molecule has 20 heavy (non-hydrogen) atoms. The van der Waals surface area contributed by atoms with Crippen molar-refractivity contribution in [2.75, 3.05) is 0 Å². The highest BCUT2D eigenvalue weighted by Crippen LogP contribution is 2.36. The van der Waals surface area contributed by atoms with Crippen LogP contribution in [0.2, 0.25) is 0 Å². The van der Waals surface area contributed by atoms with Gasteiger partial charge in [0.05, 0.1) is 0 Å². The molecule has 4 heteroatoms. The van der Waals surface area contributed by atoms with Crippen molar-refractivity contribution in [1.29, 1.82) is 0 Å². The second-order valence-electron chi connectivity index (χ2n) is 5.92. The molecule has 1 unspecified atom stereocenters. The molecule has 2 nitrogen and oxygen atoms in total. The molecule has 1 aromatic heterocycles. The fourth-order valence-electron chi connectivity index (χ4n) is 2.70. The van der Waals surface area contributed by atoms with E-state index < -0.39 is 6.01 Å². The Morgan fingerprint density at radius 1 is 1.05 bits per heavy atom. The fraction of sp³-hybridized carbons (Fsp3) is 0.812. The Balaban J connectivity index is 2.68. The molecule has 0 fully saturated rings. The van der Waals surface area contributed by atoms with E-state index in [-0.39, 0.29) is 5.41 Å². The van der Waals surface area contributed by atoms with Crippen LogP contribution < -0.4 is 0 Å². The van der Waals surface area contributed by atoms with Crippen molar-refractivity contribution in [1.82, 2.24) is 4.98 Å². The van der Waals surface area contributed by atoms with Crippen LogP contribution in [-0.4, -0.2) is 4.98 Å². The van der Waals surface area contributed by atoms with E-state index in [4.69, 9.17) is 4.42 Å². The first-order valence-electron chi connectivity index (χ1n) is 7.85. The lowest BCUT2D eigenvalue weighted by molar-refractivity contribution is 0.300. The molecule has 116 valence electrons. The minimum absolute atomic E-state index is 0.181. The minimum Gasteiger partial charge on any atom is -0.406 e. The van der Waals surface area contributed by atoms with Gasteiger partial charge >= 0.3 is 6.01 Å². The number of nitrogens with zero attached hydrogens (tertiary/aromatic N) is 1. The summed E-state index contributed by atoms with van der Waals surface area (Å²) >= 11 is 1.94. The van der Waals surface area contributed by atoms with Gasteiger partial charge in [0.1, 0.15) is 5.69 Å². The molecule has 1 aromatic rings. The van der Waals surface area contributed by atoms with Gasteiger partial charge in [-0.1, -0.05) is 65.7 Å². The summed E-state index contributed by atoms with van der Waals surface area (Å²) in [4.78, 5) is 4.30. The zero-order valence-electron chi connectivity index (χ0n) is 13.0. The summed E-state index contributed by atoms with van der Waals surface area (Å²) < 4.78 is 19.3. The molecule has 0 radical (unpaired) electrons. The zero-order chi connectivity index (χ0) is 15.0. The number of hydrogen-bond acceptors (Lipinski definition) is 2. The van der Waals surface area contributed by atoms with Crippen molar-refractivity contribution < 1.29 is 8.81 Å². The Kier molecular flexibility index (Phi) is 8.07. The lowest BCUT2D eigenvalue weighted by atomic mass is 9.77. The topological polar surface area (TPSA) is 26.0 Å². The molecule has 0 aromatic carbocycles. The monoisotopic (exact) mass is 395 g/mol. The summed E-state index contributed by atoms with van der Waals surface area (Å²) in [5, 5.41) is 0. The molecule has 1 heterocycles. The van der Waals surface area contributed by atoms with Gasteiger partial charge in [-0.3, -0.25) is 0 Å². The van der Waals surface area contributed by atoms with E-state index in [9.17, 15) is 4.39 Å². The summed E-state index contributed by atoms with van der Waals surface area (Å²) in [6, 6.07) is -0.485. The van der Waals surface area contributed by atoms with Gasteiger partial charge in [-0.25, -0.2) is 4.98 Å². The Bertz CT molecular complexity index is 394. The second kappa shape index (κ2) is 9.00. The van der Waals surface area contributed by atoms with Crippen molar-refractivity contribution in [3.63, 3.8) is 0 Å². The highest BCUT2D eigenvalue weighted by atomic mass is 127. The molecule has 0 aliphatic carbocycles. The standard InChI is InChI=1S/C16H27FINO/c1-4-6-8-9-10-12-16(3,11-7-5-2)13-14(17)20-15(18)19-13/h4-12H2,1-3H3. The average Bonchev–Trinajstić information content (AvgIpc) is 2.76. The SMILES string of the molecule is CCCCCCCC(C)(CCCC)c1nc(I)oc1F. The van der Waals surface area contributed by atoms with Crippen LogP contribution in [0.3, 0.4) is 0 Å². The van der Waals surface area contributed by atoms with Gasteiger partial charge in [0.2, 0.25) is 0 Å². The Labute approximate surface area is 136 Å².